The highest BCUT2D eigenvalue weighted by atomic mass is 16.5. The molecule has 31 heavy (non-hydrogen) atoms. The van der Waals surface area contributed by atoms with E-state index in [4.69, 9.17) is 9.47 Å². The molecule has 10 nitrogen and oxygen atoms in total. The van der Waals surface area contributed by atoms with E-state index in [0.717, 1.165) is 11.3 Å². The van der Waals surface area contributed by atoms with Crippen LogP contribution in [0.1, 0.15) is 40.4 Å². The van der Waals surface area contributed by atoms with Gasteiger partial charge in [-0.15, -0.1) is 0 Å². The van der Waals surface area contributed by atoms with Gasteiger partial charge in [0.15, 0.2) is 11.5 Å². The lowest BCUT2D eigenvalue weighted by molar-refractivity contribution is -0.140. The molecule has 0 spiro atoms. The first-order valence-corrected chi connectivity index (χ1v) is 9.59. The van der Waals surface area contributed by atoms with Crippen molar-refractivity contribution in [3.05, 3.63) is 53.1 Å². The normalized spacial score (nSPS) is 11.8. The van der Waals surface area contributed by atoms with Crippen molar-refractivity contribution in [2.24, 2.45) is 0 Å². The summed E-state index contributed by atoms with van der Waals surface area (Å²) >= 11 is 0. The summed E-state index contributed by atoms with van der Waals surface area (Å²) in [7, 11) is 3.16. The SMILES string of the molecule is COc1ccc(Cn2nc(C)c(NC(=O)c3ccnn3C(C)C(=O)O)c2C)cc1OC. The number of methoxy groups -OCH3 is 2. The van der Waals surface area contributed by atoms with Crippen LogP contribution >= 0.6 is 0 Å². The summed E-state index contributed by atoms with van der Waals surface area (Å²) in [6.07, 6.45) is 1.40. The van der Waals surface area contributed by atoms with Gasteiger partial charge >= 0.3 is 5.97 Å². The number of aliphatic carboxylic acids is 1. The third-order valence-electron chi connectivity index (χ3n) is 5.03. The molecule has 1 atom stereocenters. The molecule has 0 aliphatic heterocycles. The molecular weight excluding hydrogens is 402 g/mol. The van der Waals surface area contributed by atoms with Crippen LogP contribution < -0.4 is 14.8 Å². The predicted molar refractivity (Wildman–Crippen MR) is 113 cm³/mol. The molecule has 0 saturated carbocycles. The molecule has 0 aliphatic rings. The van der Waals surface area contributed by atoms with Crippen molar-refractivity contribution >= 4 is 17.6 Å². The number of hydrogen-bond donors (Lipinski definition) is 2. The van der Waals surface area contributed by atoms with Crippen LogP contribution in [0, 0.1) is 13.8 Å². The van der Waals surface area contributed by atoms with E-state index in [9.17, 15) is 14.7 Å². The maximum Gasteiger partial charge on any atom is 0.328 e. The van der Waals surface area contributed by atoms with Crippen molar-refractivity contribution < 1.29 is 24.2 Å². The smallest absolute Gasteiger partial charge is 0.328 e. The summed E-state index contributed by atoms with van der Waals surface area (Å²) in [6, 6.07) is 6.13. The molecule has 0 saturated heterocycles. The Bertz CT molecular complexity index is 1120. The zero-order valence-electron chi connectivity index (χ0n) is 18.0. The van der Waals surface area contributed by atoms with Crippen molar-refractivity contribution in [3.63, 3.8) is 0 Å². The van der Waals surface area contributed by atoms with Gasteiger partial charge in [0, 0.05) is 6.20 Å². The lowest BCUT2D eigenvalue weighted by Gasteiger charge is -2.12. The van der Waals surface area contributed by atoms with Crippen LogP contribution in [0.2, 0.25) is 0 Å². The lowest BCUT2D eigenvalue weighted by Crippen LogP contribution is -2.24. The van der Waals surface area contributed by atoms with Crippen LogP contribution in [-0.2, 0) is 11.3 Å². The van der Waals surface area contributed by atoms with Crippen LogP contribution in [0.5, 0.6) is 11.5 Å². The topological polar surface area (TPSA) is 120 Å². The van der Waals surface area contributed by atoms with Gasteiger partial charge in [-0.3, -0.25) is 9.48 Å². The van der Waals surface area contributed by atoms with E-state index in [1.54, 1.807) is 25.8 Å². The number of carbonyl (C=O) groups is 2. The maximum absolute atomic E-state index is 12.8. The Balaban J connectivity index is 1.84. The Hall–Kier alpha value is -3.82. The summed E-state index contributed by atoms with van der Waals surface area (Å²) in [5, 5.41) is 20.6. The number of carbonyl (C=O) groups excluding carboxylic acids is 1. The molecule has 1 aromatic carbocycles. The summed E-state index contributed by atoms with van der Waals surface area (Å²) < 4.78 is 13.6. The highest BCUT2D eigenvalue weighted by Crippen LogP contribution is 2.29. The number of aryl methyl sites for hydroxylation is 1. The number of benzene rings is 1. The monoisotopic (exact) mass is 427 g/mol. The molecule has 164 valence electrons. The predicted octanol–water partition coefficient (Wildman–Crippen LogP) is 2.66. The van der Waals surface area contributed by atoms with Gasteiger partial charge in [-0.25, -0.2) is 9.48 Å². The first-order chi connectivity index (χ1) is 14.8. The highest BCUT2D eigenvalue weighted by molar-refractivity contribution is 6.04. The molecular formula is C21H25N5O5. The van der Waals surface area contributed by atoms with E-state index in [0.29, 0.717) is 29.4 Å². The molecule has 1 unspecified atom stereocenters. The number of ether oxygens (including phenoxy) is 2. The number of carboxylic acid groups (broad SMARTS) is 1. The minimum atomic E-state index is -1.08. The third-order valence-corrected chi connectivity index (χ3v) is 5.03. The fourth-order valence-electron chi connectivity index (χ4n) is 3.27. The quantitative estimate of drug-likeness (QED) is 0.567. The standard InChI is InChI=1S/C21H25N5O5/c1-12-19(23-20(27)16-8-9-22-26(16)14(3)21(28)29)13(2)25(24-12)11-15-6-7-17(30-4)18(10-15)31-5/h6-10,14H,11H2,1-5H3,(H,23,27)(H,28,29). The Labute approximate surface area is 179 Å². The van der Waals surface area contributed by atoms with Crippen LogP contribution in [0.15, 0.2) is 30.5 Å². The number of aromatic nitrogens is 4. The van der Waals surface area contributed by atoms with E-state index in [-0.39, 0.29) is 5.69 Å². The van der Waals surface area contributed by atoms with E-state index in [1.807, 2.05) is 25.1 Å². The Kier molecular flexibility index (Phi) is 6.28. The summed E-state index contributed by atoms with van der Waals surface area (Å²) in [6.45, 7) is 5.58. The molecule has 0 radical (unpaired) electrons. The number of nitrogens with one attached hydrogen (secondary N) is 1. The Morgan fingerprint density at radius 3 is 2.52 bits per heavy atom. The van der Waals surface area contributed by atoms with Gasteiger partial charge in [-0.2, -0.15) is 10.2 Å². The Morgan fingerprint density at radius 1 is 1.16 bits per heavy atom. The van der Waals surface area contributed by atoms with E-state index in [2.05, 4.69) is 15.5 Å². The largest absolute Gasteiger partial charge is 0.493 e. The van der Waals surface area contributed by atoms with Crippen LogP contribution in [-0.4, -0.2) is 50.8 Å². The van der Waals surface area contributed by atoms with Crippen molar-refractivity contribution in [2.75, 3.05) is 19.5 Å². The van der Waals surface area contributed by atoms with Crippen LogP contribution in [0.25, 0.3) is 0 Å². The number of hydrogen-bond acceptors (Lipinski definition) is 6. The van der Waals surface area contributed by atoms with Crippen molar-refractivity contribution in [1.29, 1.82) is 0 Å². The minimum absolute atomic E-state index is 0.154. The van der Waals surface area contributed by atoms with E-state index >= 15 is 0 Å². The fourth-order valence-corrected chi connectivity index (χ4v) is 3.27. The molecule has 1 amide bonds. The molecule has 2 N–H and O–H groups in total. The second-order valence-electron chi connectivity index (χ2n) is 7.02. The zero-order valence-corrected chi connectivity index (χ0v) is 18.0. The molecule has 0 fully saturated rings. The molecule has 10 heteroatoms. The highest BCUT2D eigenvalue weighted by Gasteiger charge is 2.23. The molecule has 0 bridgehead atoms. The van der Waals surface area contributed by atoms with Gasteiger partial charge in [0.25, 0.3) is 5.91 Å². The lowest BCUT2D eigenvalue weighted by atomic mass is 10.2. The first-order valence-electron chi connectivity index (χ1n) is 9.59. The second-order valence-corrected chi connectivity index (χ2v) is 7.02. The number of rotatable bonds is 8. The minimum Gasteiger partial charge on any atom is -0.493 e. The summed E-state index contributed by atoms with van der Waals surface area (Å²) in [4.78, 5) is 24.1. The maximum atomic E-state index is 12.8. The molecule has 2 heterocycles. The molecule has 3 aromatic rings. The summed E-state index contributed by atoms with van der Waals surface area (Å²) in [5.74, 6) is -0.272. The van der Waals surface area contributed by atoms with Crippen LogP contribution in [0.3, 0.4) is 0 Å². The average Bonchev–Trinajstić information content (AvgIpc) is 3.34. The number of anilines is 1. The summed E-state index contributed by atoms with van der Waals surface area (Å²) in [5.41, 5.74) is 3.08. The molecule has 2 aromatic heterocycles. The number of nitrogens with zero attached hydrogens (tertiary/aromatic N) is 4. The van der Waals surface area contributed by atoms with Gasteiger partial charge in [0.2, 0.25) is 0 Å². The van der Waals surface area contributed by atoms with Gasteiger partial charge in [0.1, 0.15) is 11.7 Å². The Morgan fingerprint density at radius 2 is 1.87 bits per heavy atom. The average molecular weight is 427 g/mol. The third kappa shape index (κ3) is 4.37. The van der Waals surface area contributed by atoms with E-state index in [1.165, 1.54) is 23.9 Å². The van der Waals surface area contributed by atoms with Gasteiger partial charge < -0.3 is 19.9 Å². The molecule has 0 aliphatic carbocycles. The van der Waals surface area contributed by atoms with Crippen molar-refractivity contribution in [1.82, 2.24) is 19.6 Å². The molecule has 3 rings (SSSR count). The fraction of sp³-hybridized carbons (Fsp3) is 0.333. The van der Waals surface area contributed by atoms with Crippen molar-refractivity contribution in [2.45, 2.75) is 33.4 Å². The number of amides is 1. The zero-order chi connectivity index (χ0) is 22.7. The van der Waals surface area contributed by atoms with Crippen LogP contribution in [0.4, 0.5) is 5.69 Å². The first kappa shape index (κ1) is 21.9. The second kappa shape index (κ2) is 8.90. The van der Waals surface area contributed by atoms with Gasteiger partial charge in [-0.05, 0) is 44.5 Å². The van der Waals surface area contributed by atoms with Gasteiger partial charge in [-0.1, -0.05) is 6.07 Å². The van der Waals surface area contributed by atoms with Gasteiger partial charge in [0.05, 0.1) is 37.8 Å². The number of carboxylic acids is 1. The van der Waals surface area contributed by atoms with Crippen molar-refractivity contribution in [3.8, 4) is 11.5 Å². The van der Waals surface area contributed by atoms with E-state index < -0.39 is 17.9 Å².